The van der Waals surface area contributed by atoms with E-state index >= 15 is 0 Å². The second kappa shape index (κ2) is 2.81. The number of nitriles is 1. The summed E-state index contributed by atoms with van der Waals surface area (Å²) in [6, 6.07) is 6.92. The van der Waals surface area contributed by atoms with Gasteiger partial charge < -0.3 is 0 Å². The highest BCUT2D eigenvalue weighted by Gasteiger charge is 2.46. The molecule has 0 saturated heterocycles. The Morgan fingerprint density at radius 2 is 2.15 bits per heavy atom. The number of rotatable bonds is 1. The van der Waals surface area contributed by atoms with Crippen molar-refractivity contribution in [2.45, 2.75) is 18.3 Å². The normalized spacial score (nSPS) is 17.9. The van der Waals surface area contributed by atoms with Crippen LogP contribution in [0.2, 0.25) is 0 Å². The smallest absolute Gasteiger partial charge is 0.128 e. The Morgan fingerprint density at radius 1 is 1.46 bits per heavy atom. The summed E-state index contributed by atoms with van der Waals surface area (Å²) in [5.74, 6) is -0.276. The van der Waals surface area contributed by atoms with Gasteiger partial charge >= 0.3 is 0 Å². The molecule has 1 fully saturated rings. The lowest BCUT2D eigenvalue weighted by molar-refractivity contribution is 0.599. The highest BCUT2D eigenvalue weighted by molar-refractivity contribution is 9.10. The molecule has 0 radical (unpaired) electrons. The van der Waals surface area contributed by atoms with Gasteiger partial charge in [-0.05, 0) is 31.0 Å². The Labute approximate surface area is 84.3 Å². The van der Waals surface area contributed by atoms with Crippen molar-refractivity contribution < 1.29 is 4.39 Å². The van der Waals surface area contributed by atoms with Gasteiger partial charge in [0.2, 0.25) is 0 Å². The summed E-state index contributed by atoms with van der Waals surface area (Å²) in [5, 5.41) is 8.89. The predicted octanol–water partition coefficient (Wildman–Crippen LogP) is 3.14. The quantitative estimate of drug-likeness (QED) is 0.739. The molecule has 3 heteroatoms. The lowest BCUT2D eigenvalue weighted by atomic mass is 9.97. The van der Waals surface area contributed by atoms with Crippen LogP contribution in [-0.4, -0.2) is 0 Å². The first-order valence-electron chi connectivity index (χ1n) is 4.05. The van der Waals surface area contributed by atoms with Crippen molar-refractivity contribution in [2.75, 3.05) is 0 Å². The van der Waals surface area contributed by atoms with E-state index in [4.69, 9.17) is 5.26 Å². The predicted molar refractivity (Wildman–Crippen MR) is 50.6 cm³/mol. The van der Waals surface area contributed by atoms with Crippen LogP contribution in [0.3, 0.4) is 0 Å². The fourth-order valence-corrected chi connectivity index (χ4v) is 1.79. The number of nitrogens with zero attached hydrogens (tertiary/aromatic N) is 1. The fraction of sp³-hybridized carbons (Fsp3) is 0.300. The minimum atomic E-state index is -0.534. The maximum atomic E-state index is 13.3. The topological polar surface area (TPSA) is 23.8 Å². The maximum Gasteiger partial charge on any atom is 0.128 e. The zero-order chi connectivity index (χ0) is 9.47. The van der Waals surface area contributed by atoms with Gasteiger partial charge in [-0.15, -0.1) is 0 Å². The molecule has 2 rings (SSSR count). The number of halogens is 2. The number of hydrogen-bond donors (Lipinski definition) is 0. The van der Waals surface area contributed by atoms with Gasteiger partial charge in [0.15, 0.2) is 0 Å². The molecule has 66 valence electrons. The third-order valence-electron chi connectivity index (χ3n) is 2.41. The van der Waals surface area contributed by atoms with Crippen molar-refractivity contribution in [2.24, 2.45) is 0 Å². The molecule has 0 aromatic heterocycles. The zero-order valence-electron chi connectivity index (χ0n) is 6.85. The van der Waals surface area contributed by atoms with E-state index in [9.17, 15) is 4.39 Å². The lowest BCUT2D eigenvalue weighted by Gasteiger charge is -2.07. The van der Waals surface area contributed by atoms with Gasteiger partial charge in [0.25, 0.3) is 0 Å². The second-order valence-corrected chi connectivity index (χ2v) is 4.23. The van der Waals surface area contributed by atoms with Crippen LogP contribution in [0.15, 0.2) is 22.7 Å². The molecule has 1 nitrogen and oxygen atoms in total. The minimum absolute atomic E-state index is 0.276. The SMILES string of the molecule is N#CC1(c2cc(Br)ccc2F)CC1. The molecule has 0 unspecified atom stereocenters. The molecular formula is C10H7BrFN. The Balaban J connectivity index is 2.52. The first-order chi connectivity index (χ1) is 6.18. The van der Waals surface area contributed by atoms with Crippen molar-refractivity contribution in [1.82, 2.24) is 0 Å². The molecule has 0 N–H and O–H groups in total. The lowest BCUT2D eigenvalue weighted by Crippen LogP contribution is -2.05. The van der Waals surface area contributed by atoms with E-state index in [1.165, 1.54) is 6.07 Å². The van der Waals surface area contributed by atoms with E-state index in [-0.39, 0.29) is 5.82 Å². The van der Waals surface area contributed by atoms with E-state index in [1.54, 1.807) is 12.1 Å². The van der Waals surface area contributed by atoms with Crippen molar-refractivity contribution >= 4 is 15.9 Å². The molecule has 0 spiro atoms. The van der Waals surface area contributed by atoms with Gasteiger partial charge in [0.05, 0.1) is 11.5 Å². The number of benzene rings is 1. The summed E-state index contributed by atoms with van der Waals surface area (Å²) in [5.41, 5.74) is -0.00204. The Bertz CT molecular complexity index is 390. The van der Waals surface area contributed by atoms with Crippen LogP contribution in [-0.2, 0) is 5.41 Å². The molecular weight excluding hydrogens is 233 g/mol. The summed E-state index contributed by atoms with van der Waals surface area (Å²) < 4.78 is 14.1. The van der Waals surface area contributed by atoms with Crippen LogP contribution < -0.4 is 0 Å². The van der Waals surface area contributed by atoms with Gasteiger partial charge in [-0.1, -0.05) is 15.9 Å². The van der Waals surface area contributed by atoms with Gasteiger partial charge in [0, 0.05) is 10.0 Å². The maximum absolute atomic E-state index is 13.3. The molecule has 1 aromatic rings. The second-order valence-electron chi connectivity index (χ2n) is 3.32. The van der Waals surface area contributed by atoms with Crippen LogP contribution in [0, 0.1) is 17.1 Å². The molecule has 1 saturated carbocycles. The standard InChI is InChI=1S/C10H7BrFN/c11-7-1-2-9(12)8(5-7)10(6-13)3-4-10/h1-2,5H,3-4H2. The summed E-state index contributed by atoms with van der Waals surface area (Å²) in [6.45, 7) is 0. The summed E-state index contributed by atoms with van der Waals surface area (Å²) in [6.07, 6.45) is 1.55. The molecule has 0 aliphatic heterocycles. The van der Waals surface area contributed by atoms with Crippen LogP contribution in [0.1, 0.15) is 18.4 Å². The van der Waals surface area contributed by atoms with E-state index in [2.05, 4.69) is 22.0 Å². The summed E-state index contributed by atoms with van der Waals surface area (Å²) in [7, 11) is 0. The van der Waals surface area contributed by atoms with Crippen LogP contribution in [0.5, 0.6) is 0 Å². The van der Waals surface area contributed by atoms with Gasteiger partial charge in [0.1, 0.15) is 5.82 Å². The van der Waals surface area contributed by atoms with E-state index in [0.29, 0.717) is 5.56 Å². The molecule has 1 aromatic carbocycles. The highest BCUT2D eigenvalue weighted by Crippen LogP contribution is 2.48. The molecule has 0 bridgehead atoms. The zero-order valence-corrected chi connectivity index (χ0v) is 8.44. The monoisotopic (exact) mass is 239 g/mol. The van der Waals surface area contributed by atoms with Crippen LogP contribution in [0.4, 0.5) is 4.39 Å². The van der Waals surface area contributed by atoms with Crippen molar-refractivity contribution in [1.29, 1.82) is 5.26 Å². The largest absolute Gasteiger partial charge is 0.207 e. The molecule has 13 heavy (non-hydrogen) atoms. The number of hydrogen-bond acceptors (Lipinski definition) is 1. The van der Waals surface area contributed by atoms with Crippen LogP contribution >= 0.6 is 15.9 Å². The summed E-state index contributed by atoms with van der Waals surface area (Å²) >= 11 is 3.27. The van der Waals surface area contributed by atoms with Gasteiger partial charge in [-0.3, -0.25) is 0 Å². The van der Waals surface area contributed by atoms with Crippen LogP contribution in [0.25, 0.3) is 0 Å². The molecule has 0 heterocycles. The van der Waals surface area contributed by atoms with E-state index in [1.807, 2.05) is 0 Å². The average Bonchev–Trinajstić information content (AvgIpc) is 2.90. The Kier molecular flexibility index (Phi) is 1.88. The Hall–Kier alpha value is -0.880. The van der Waals surface area contributed by atoms with Gasteiger partial charge in [-0.25, -0.2) is 4.39 Å². The fourth-order valence-electron chi connectivity index (χ4n) is 1.43. The minimum Gasteiger partial charge on any atom is -0.207 e. The van der Waals surface area contributed by atoms with Crippen molar-refractivity contribution in [3.8, 4) is 6.07 Å². The van der Waals surface area contributed by atoms with E-state index < -0.39 is 5.41 Å². The average molecular weight is 240 g/mol. The first kappa shape index (κ1) is 8.71. The molecule has 1 aliphatic rings. The van der Waals surface area contributed by atoms with Gasteiger partial charge in [-0.2, -0.15) is 5.26 Å². The molecule has 0 atom stereocenters. The molecule has 0 amide bonds. The molecule has 1 aliphatic carbocycles. The third kappa shape index (κ3) is 1.36. The summed E-state index contributed by atoms with van der Waals surface area (Å²) in [4.78, 5) is 0. The third-order valence-corrected chi connectivity index (χ3v) is 2.90. The van der Waals surface area contributed by atoms with Crippen molar-refractivity contribution in [3.63, 3.8) is 0 Å². The van der Waals surface area contributed by atoms with E-state index in [0.717, 1.165) is 17.3 Å². The highest BCUT2D eigenvalue weighted by atomic mass is 79.9. The first-order valence-corrected chi connectivity index (χ1v) is 4.84. The van der Waals surface area contributed by atoms with Crippen molar-refractivity contribution in [3.05, 3.63) is 34.1 Å². The Morgan fingerprint density at radius 3 is 2.69 bits per heavy atom.